The molecule has 3 N–H and O–H groups in total. The van der Waals surface area contributed by atoms with E-state index in [4.69, 9.17) is 10.5 Å². The molecule has 0 atom stereocenters. The number of ether oxygens (including phenoxy) is 1. The van der Waals surface area contributed by atoms with Crippen molar-refractivity contribution >= 4 is 11.6 Å². The van der Waals surface area contributed by atoms with Gasteiger partial charge in [0.25, 0.3) is 0 Å². The lowest BCUT2D eigenvalue weighted by Crippen LogP contribution is -2.36. The molecule has 0 aliphatic rings. The smallest absolute Gasteiger partial charge is 0.226 e. The van der Waals surface area contributed by atoms with E-state index in [9.17, 15) is 4.79 Å². The quantitative estimate of drug-likeness (QED) is 0.815. The SMILES string of the molecule is CCCOc1ccccc1NC(=O)CC(C)(C)N. The highest BCUT2D eigenvalue weighted by atomic mass is 16.5. The van der Waals surface area contributed by atoms with Crippen molar-refractivity contribution in [3.63, 3.8) is 0 Å². The molecule has 0 saturated heterocycles. The number of hydrogen-bond acceptors (Lipinski definition) is 3. The average Bonchev–Trinajstić information content (AvgIpc) is 2.25. The third-order valence-electron chi connectivity index (χ3n) is 2.24. The van der Waals surface area contributed by atoms with Crippen molar-refractivity contribution in [1.29, 1.82) is 0 Å². The van der Waals surface area contributed by atoms with Crippen LogP contribution >= 0.6 is 0 Å². The molecule has 0 spiro atoms. The van der Waals surface area contributed by atoms with Gasteiger partial charge < -0.3 is 15.8 Å². The van der Waals surface area contributed by atoms with Gasteiger partial charge in [-0.1, -0.05) is 19.1 Å². The molecular weight excluding hydrogens is 228 g/mol. The van der Waals surface area contributed by atoms with E-state index < -0.39 is 5.54 Å². The van der Waals surface area contributed by atoms with E-state index in [1.165, 1.54) is 0 Å². The monoisotopic (exact) mass is 250 g/mol. The van der Waals surface area contributed by atoms with Crippen molar-refractivity contribution in [3.05, 3.63) is 24.3 Å². The molecule has 0 fully saturated rings. The second kappa shape index (κ2) is 6.40. The van der Waals surface area contributed by atoms with Crippen LogP contribution in [0, 0.1) is 0 Å². The Morgan fingerprint density at radius 1 is 1.39 bits per heavy atom. The van der Waals surface area contributed by atoms with Crippen LogP contribution in [0.25, 0.3) is 0 Å². The summed E-state index contributed by atoms with van der Waals surface area (Å²) in [4.78, 5) is 11.8. The predicted molar refractivity (Wildman–Crippen MR) is 73.7 cm³/mol. The van der Waals surface area contributed by atoms with E-state index >= 15 is 0 Å². The van der Waals surface area contributed by atoms with Crippen molar-refractivity contribution in [3.8, 4) is 5.75 Å². The van der Waals surface area contributed by atoms with Gasteiger partial charge in [0.2, 0.25) is 5.91 Å². The molecule has 0 bridgehead atoms. The van der Waals surface area contributed by atoms with Crippen LogP contribution in [0.4, 0.5) is 5.69 Å². The summed E-state index contributed by atoms with van der Waals surface area (Å²) in [5, 5.41) is 2.83. The number of hydrogen-bond donors (Lipinski definition) is 2. The Balaban J connectivity index is 2.68. The number of amides is 1. The summed E-state index contributed by atoms with van der Waals surface area (Å²) in [6.07, 6.45) is 1.20. The third-order valence-corrected chi connectivity index (χ3v) is 2.24. The zero-order valence-corrected chi connectivity index (χ0v) is 11.3. The lowest BCUT2D eigenvalue weighted by molar-refractivity contribution is -0.117. The second-order valence-electron chi connectivity index (χ2n) is 5.06. The number of carbonyl (C=O) groups excluding carboxylic acids is 1. The fraction of sp³-hybridized carbons (Fsp3) is 0.500. The number of nitrogens with two attached hydrogens (primary N) is 1. The molecule has 1 rings (SSSR count). The lowest BCUT2D eigenvalue weighted by Gasteiger charge is -2.18. The van der Waals surface area contributed by atoms with Gasteiger partial charge in [-0.05, 0) is 32.4 Å². The van der Waals surface area contributed by atoms with E-state index in [0.717, 1.165) is 6.42 Å². The predicted octanol–water partition coefficient (Wildman–Crippen LogP) is 2.54. The molecule has 1 aromatic carbocycles. The first-order valence-electron chi connectivity index (χ1n) is 6.23. The Morgan fingerprint density at radius 2 is 2.06 bits per heavy atom. The highest BCUT2D eigenvalue weighted by Crippen LogP contribution is 2.24. The van der Waals surface area contributed by atoms with Crippen LogP contribution in [-0.4, -0.2) is 18.1 Å². The molecule has 1 aromatic rings. The second-order valence-corrected chi connectivity index (χ2v) is 5.06. The number of carbonyl (C=O) groups is 1. The summed E-state index contributed by atoms with van der Waals surface area (Å²) in [5.41, 5.74) is 6.00. The van der Waals surface area contributed by atoms with Crippen LogP contribution < -0.4 is 15.8 Å². The number of rotatable bonds is 6. The van der Waals surface area contributed by atoms with Gasteiger partial charge in [0.1, 0.15) is 5.75 Å². The first-order chi connectivity index (χ1) is 8.42. The van der Waals surface area contributed by atoms with Crippen LogP contribution in [0.3, 0.4) is 0 Å². The number of nitrogens with one attached hydrogen (secondary N) is 1. The highest BCUT2D eigenvalue weighted by molar-refractivity contribution is 5.92. The van der Waals surface area contributed by atoms with Gasteiger partial charge in [-0.3, -0.25) is 4.79 Å². The zero-order valence-electron chi connectivity index (χ0n) is 11.3. The summed E-state index contributed by atoms with van der Waals surface area (Å²) < 4.78 is 5.57. The minimum Gasteiger partial charge on any atom is -0.491 e. The van der Waals surface area contributed by atoms with E-state index in [2.05, 4.69) is 5.32 Å². The minimum absolute atomic E-state index is 0.102. The van der Waals surface area contributed by atoms with Crippen molar-refractivity contribution in [2.24, 2.45) is 5.73 Å². The third kappa shape index (κ3) is 5.19. The number of para-hydroxylation sites is 2. The van der Waals surface area contributed by atoms with E-state index in [1.54, 1.807) is 0 Å². The maximum atomic E-state index is 11.8. The molecule has 4 heteroatoms. The molecule has 0 radical (unpaired) electrons. The maximum Gasteiger partial charge on any atom is 0.226 e. The lowest BCUT2D eigenvalue weighted by atomic mass is 10.0. The van der Waals surface area contributed by atoms with Gasteiger partial charge in [0.05, 0.1) is 12.3 Å². The normalized spacial score (nSPS) is 11.1. The van der Waals surface area contributed by atoms with Gasteiger partial charge in [-0.15, -0.1) is 0 Å². The van der Waals surface area contributed by atoms with E-state index in [-0.39, 0.29) is 12.3 Å². The number of benzene rings is 1. The van der Waals surface area contributed by atoms with Crippen LogP contribution in [0.5, 0.6) is 5.75 Å². The molecule has 0 aromatic heterocycles. The summed E-state index contributed by atoms with van der Waals surface area (Å²) in [5.74, 6) is 0.595. The molecular formula is C14H22N2O2. The molecule has 1 amide bonds. The largest absolute Gasteiger partial charge is 0.491 e. The molecule has 0 aliphatic carbocycles. The van der Waals surface area contributed by atoms with Gasteiger partial charge in [0, 0.05) is 12.0 Å². The van der Waals surface area contributed by atoms with Crippen molar-refractivity contribution < 1.29 is 9.53 Å². The van der Waals surface area contributed by atoms with Crippen LogP contribution in [-0.2, 0) is 4.79 Å². The Hall–Kier alpha value is -1.55. The first-order valence-corrected chi connectivity index (χ1v) is 6.23. The van der Waals surface area contributed by atoms with Crippen molar-refractivity contribution in [2.75, 3.05) is 11.9 Å². The Labute approximate surface area is 109 Å². The van der Waals surface area contributed by atoms with Gasteiger partial charge in [-0.25, -0.2) is 0 Å². The number of anilines is 1. The minimum atomic E-state index is -0.511. The van der Waals surface area contributed by atoms with Crippen LogP contribution in [0.2, 0.25) is 0 Å². The van der Waals surface area contributed by atoms with Crippen LogP contribution in [0.1, 0.15) is 33.6 Å². The first kappa shape index (κ1) is 14.5. The van der Waals surface area contributed by atoms with Crippen LogP contribution in [0.15, 0.2) is 24.3 Å². The van der Waals surface area contributed by atoms with Gasteiger partial charge in [-0.2, -0.15) is 0 Å². The van der Waals surface area contributed by atoms with Gasteiger partial charge >= 0.3 is 0 Å². The zero-order chi connectivity index (χ0) is 13.6. The summed E-state index contributed by atoms with van der Waals surface area (Å²) >= 11 is 0. The molecule has 100 valence electrons. The Kier molecular flexibility index (Phi) is 5.16. The summed E-state index contributed by atoms with van der Waals surface area (Å²) in [6.45, 7) is 6.32. The van der Waals surface area contributed by atoms with Crippen molar-refractivity contribution in [1.82, 2.24) is 0 Å². The molecule has 18 heavy (non-hydrogen) atoms. The average molecular weight is 250 g/mol. The fourth-order valence-electron chi connectivity index (χ4n) is 1.52. The van der Waals surface area contributed by atoms with Gasteiger partial charge in [0.15, 0.2) is 0 Å². The highest BCUT2D eigenvalue weighted by Gasteiger charge is 2.17. The van der Waals surface area contributed by atoms with E-state index in [1.807, 2.05) is 45.0 Å². The molecule has 0 aliphatic heterocycles. The molecule has 0 heterocycles. The fourth-order valence-corrected chi connectivity index (χ4v) is 1.52. The van der Waals surface area contributed by atoms with E-state index in [0.29, 0.717) is 18.0 Å². The molecule has 4 nitrogen and oxygen atoms in total. The topological polar surface area (TPSA) is 64.3 Å². The van der Waals surface area contributed by atoms with Crippen molar-refractivity contribution in [2.45, 2.75) is 39.2 Å². The Morgan fingerprint density at radius 3 is 2.67 bits per heavy atom. The maximum absolute atomic E-state index is 11.8. The molecule has 0 saturated carbocycles. The molecule has 0 unspecified atom stereocenters. The standard InChI is InChI=1S/C14H22N2O2/c1-4-9-18-12-8-6-5-7-11(12)16-13(17)10-14(2,3)15/h5-8H,4,9-10,15H2,1-3H3,(H,16,17). The Bertz CT molecular complexity index is 397. The summed E-state index contributed by atoms with van der Waals surface area (Å²) in [6, 6.07) is 7.42. The summed E-state index contributed by atoms with van der Waals surface area (Å²) in [7, 11) is 0.